The number of hydrogen-bond donors (Lipinski definition) is 1. The molecule has 1 N–H and O–H groups in total. The van der Waals surface area contributed by atoms with E-state index in [1.165, 1.54) is 37.0 Å². The van der Waals surface area contributed by atoms with Crippen LogP contribution in [0.1, 0.15) is 73.1 Å². The second kappa shape index (κ2) is 13.8. The van der Waals surface area contributed by atoms with Crippen molar-refractivity contribution in [2.24, 2.45) is 0 Å². The molecule has 0 radical (unpaired) electrons. The Labute approximate surface area is 166 Å². The molecule has 146 valence electrons. The number of hydrogen-bond acceptors (Lipinski definition) is 3. The SMILES string of the molecule is CCCCCCC(C)(C)NCCCOc1ccc(SC(C)C)cc1.Cl. The highest BCUT2D eigenvalue weighted by molar-refractivity contribution is 7.99. The number of halogens is 1. The maximum Gasteiger partial charge on any atom is 0.119 e. The van der Waals surface area contributed by atoms with Crippen LogP contribution >= 0.6 is 24.2 Å². The summed E-state index contributed by atoms with van der Waals surface area (Å²) in [7, 11) is 0. The average molecular weight is 388 g/mol. The first-order valence-electron chi connectivity index (χ1n) is 9.57. The summed E-state index contributed by atoms with van der Waals surface area (Å²) >= 11 is 1.89. The Morgan fingerprint density at radius 1 is 1.04 bits per heavy atom. The van der Waals surface area contributed by atoms with Gasteiger partial charge >= 0.3 is 0 Å². The van der Waals surface area contributed by atoms with Crippen molar-refractivity contribution in [1.82, 2.24) is 5.32 Å². The summed E-state index contributed by atoms with van der Waals surface area (Å²) in [5.41, 5.74) is 0.240. The van der Waals surface area contributed by atoms with E-state index in [2.05, 4.69) is 64.2 Å². The normalized spacial score (nSPS) is 11.4. The molecule has 4 heteroatoms. The van der Waals surface area contributed by atoms with Crippen molar-refractivity contribution in [3.8, 4) is 5.75 Å². The maximum absolute atomic E-state index is 5.84. The van der Waals surface area contributed by atoms with Crippen LogP contribution in [0.15, 0.2) is 29.2 Å². The Balaban J connectivity index is 0.00000576. The smallest absolute Gasteiger partial charge is 0.119 e. The third kappa shape index (κ3) is 12.6. The third-order valence-corrected chi connectivity index (χ3v) is 5.06. The minimum atomic E-state index is 0. The van der Waals surface area contributed by atoms with E-state index in [1.54, 1.807) is 0 Å². The molecule has 0 aliphatic heterocycles. The minimum absolute atomic E-state index is 0. The minimum Gasteiger partial charge on any atom is -0.494 e. The fraction of sp³-hybridized carbons (Fsp3) is 0.714. The molecular formula is C21H38ClNOS. The third-order valence-electron chi connectivity index (χ3n) is 4.04. The quantitative estimate of drug-likeness (QED) is 0.300. The second-order valence-electron chi connectivity index (χ2n) is 7.46. The number of benzene rings is 1. The Morgan fingerprint density at radius 2 is 1.72 bits per heavy atom. The Bertz CT molecular complexity index is 434. The Kier molecular flexibility index (Phi) is 13.6. The molecule has 1 aromatic rings. The highest BCUT2D eigenvalue weighted by Crippen LogP contribution is 2.25. The van der Waals surface area contributed by atoms with Crippen LogP contribution in [0, 0.1) is 0 Å². The summed E-state index contributed by atoms with van der Waals surface area (Å²) in [6.45, 7) is 13.1. The number of ether oxygens (including phenoxy) is 1. The molecule has 0 fully saturated rings. The molecular weight excluding hydrogens is 350 g/mol. The molecule has 1 aromatic carbocycles. The first-order valence-corrected chi connectivity index (χ1v) is 10.5. The van der Waals surface area contributed by atoms with Gasteiger partial charge in [-0.05, 0) is 57.5 Å². The lowest BCUT2D eigenvalue weighted by atomic mass is 9.96. The van der Waals surface area contributed by atoms with E-state index < -0.39 is 0 Å². The molecule has 0 aromatic heterocycles. The van der Waals surface area contributed by atoms with Crippen LogP contribution in [0.2, 0.25) is 0 Å². The molecule has 1 rings (SSSR count). The van der Waals surface area contributed by atoms with Gasteiger partial charge in [0.1, 0.15) is 5.75 Å². The van der Waals surface area contributed by atoms with Gasteiger partial charge in [-0.3, -0.25) is 0 Å². The van der Waals surface area contributed by atoms with Gasteiger partial charge < -0.3 is 10.1 Å². The zero-order chi connectivity index (χ0) is 17.8. The number of thioether (sulfide) groups is 1. The summed E-state index contributed by atoms with van der Waals surface area (Å²) in [5.74, 6) is 0.974. The predicted molar refractivity (Wildman–Crippen MR) is 116 cm³/mol. The van der Waals surface area contributed by atoms with Gasteiger partial charge in [0.15, 0.2) is 0 Å². The van der Waals surface area contributed by atoms with Crippen molar-refractivity contribution in [1.29, 1.82) is 0 Å². The van der Waals surface area contributed by atoms with Gasteiger partial charge in [-0.1, -0.05) is 46.5 Å². The van der Waals surface area contributed by atoms with Crippen LogP contribution in [0.25, 0.3) is 0 Å². The second-order valence-corrected chi connectivity index (χ2v) is 9.11. The van der Waals surface area contributed by atoms with Crippen LogP contribution in [0.5, 0.6) is 5.75 Å². The highest BCUT2D eigenvalue weighted by Gasteiger charge is 2.15. The van der Waals surface area contributed by atoms with E-state index in [0.29, 0.717) is 5.25 Å². The van der Waals surface area contributed by atoms with Crippen molar-refractivity contribution in [3.63, 3.8) is 0 Å². The molecule has 0 unspecified atom stereocenters. The lowest BCUT2D eigenvalue weighted by Gasteiger charge is -2.26. The van der Waals surface area contributed by atoms with E-state index in [-0.39, 0.29) is 17.9 Å². The molecule has 0 heterocycles. The molecule has 0 aliphatic carbocycles. The number of nitrogens with one attached hydrogen (secondary N) is 1. The molecule has 0 bridgehead atoms. The molecule has 0 atom stereocenters. The van der Waals surface area contributed by atoms with E-state index >= 15 is 0 Å². The first kappa shape index (κ1) is 24.6. The van der Waals surface area contributed by atoms with Gasteiger partial charge in [0.2, 0.25) is 0 Å². The Morgan fingerprint density at radius 3 is 2.32 bits per heavy atom. The first-order chi connectivity index (χ1) is 11.4. The van der Waals surface area contributed by atoms with Crippen molar-refractivity contribution >= 4 is 24.2 Å². The van der Waals surface area contributed by atoms with Gasteiger partial charge in [-0.2, -0.15) is 0 Å². The molecule has 0 aliphatic rings. The molecule has 0 saturated carbocycles. The average Bonchev–Trinajstić information content (AvgIpc) is 2.52. The van der Waals surface area contributed by atoms with Crippen LogP contribution in [0.4, 0.5) is 0 Å². The van der Waals surface area contributed by atoms with Gasteiger partial charge in [0, 0.05) is 15.7 Å². The van der Waals surface area contributed by atoms with Gasteiger partial charge in [-0.15, -0.1) is 24.2 Å². The largest absolute Gasteiger partial charge is 0.494 e. The number of rotatable bonds is 13. The van der Waals surface area contributed by atoms with E-state index in [1.807, 2.05) is 11.8 Å². The van der Waals surface area contributed by atoms with Gasteiger partial charge in [0.05, 0.1) is 6.61 Å². The van der Waals surface area contributed by atoms with Crippen LogP contribution in [-0.4, -0.2) is 23.9 Å². The summed E-state index contributed by atoms with van der Waals surface area (Å²) < 4.78 is 5.84. The van der Waals surface area contributed by atoms with E-state index in [9.17, 15) is 0 Å². The zero-order valence-corrected chi connectivity index (χ0v) is 18.4. The van der Waals surface area contributed by atoms with Crippen molar-refractivity contribution < 1.29 is 4.74 Å². The fourth-order valence-corrected chi connectivity index (χ4v) is 3.50. The van der Waals surface area contributed by atoms with Crippen molar-refractivity contribution in [2.45, 2.75) is 88.8 Å². The topological polar surface area (TPSA) is 21.3 Å². The monoisotopic (exact) mass is 387 g/mol. The Hall–Kier alpha value is -0.380. The van der Waals surface area contributed by atoms with Crippen LogP contribution in [-0.2, 0) is 0 Å². The molecule has 0 saturated heterocycles. The summed E-state index contributed by atoms with van der Waals surface area (Å²) in [6, 6.07) is 8.46. The van der Waals surface area contributed by atoms with Crippen LogP contribution < -0.4 is 10.1 Å². The maximum atomic E-state index is 5.84. The van der Waals surface area contributed by atoms with Gasteiger partial charge in [0.25, 0.3) is 0 Å². The van der Waals surface area contributed by atoms with Gasteiger partial charge in [-0.25, -0.2) is 0 Å². The predicted octanol–water partition coefficient (Wildman–Crippen LogP) is 6.72. The molecule has 25 heavy (non-hydrogen) atoms. The van der Waals surface area contributed by atoms with E-state index in [0.717, 1.165) is 25.3 Å². The lowest BCUT2D eigenvalue weighted by Crippen LogP contribution is -2.40. The van der Waals surface area contributed by atoms with Crippen molar-refractivity contribution in [3.05, 3.63) is 24.3 Å². The highest BCUT2D eigenvalue weighted by atomic mass is 35.5. The molecule has 0 amide bonds. The fourth-order valence-electron chi connectivity index (χ4n) is 2.66. The number of unbranched alkanes of at least 4 members (excludes halogenated alkanes) is 3. The standard InChI is InChI=1S/C21H37NOS.ClH/c1-6-7-8-9-15-21(4,5)22-16-10-17-23-19-11-13-20(14-12-19)24-18(2)3;/h11-14,18,22H,6-10,15-17H2,1-5H3;1H. The summed E-state index contributed by atoms with van der Waals surface area (Å²) in [6.07, 6.45) is 7.64. The van der Waals surface area contributed by atoms with Crippen LogP contribution in [0.3, 0.4) is 0 Å². The summed E-state index contributed by atoms with van der Waals surface area (Å²) in [4.78, 5) is 1.31. The zero-order valence-electron chi connectivity index (χ0n) is 16.8. The lowest BCUT2D eigenvalue weighted by molar-refractivity contribution is 0.287. The molecule has 0 spiro atoms. The molecule has 2 nitrogen and oxygen atoms in total. The summed E-state index contributed by atoms with van der Waals surface area (Å²) in [5, 5.41) is 4.29. The van der Waals surface area contributed by atoms with E-state index in [4.69, 9.17) is 4.74 Å². The van der Waals surface area contributed by atoms with Crippen molar-refractivity contribution in [2.75, 3.05) is 13.2 Å².